The molecule has 8 nitrogen and oxygen atoms in total. The summed E-state index contributed by atoms with van der Waals surface area (Å²) in [6.45, 7) is 6.10. The summed E-state index contributed by atoms with van der Waals surface area (Å²) >= 11 is 1.34. The standard InChI is InChI=1S/C25H24FN5O3S/c1-2-31-21-13-18(7-8-19(21)23(32)22(24(31)26)25(33)34)30-11-9-29(10-12-30)14-16-3-5-17(6-4-16)20-15-35-28-27-20/h3-8,13,15H,2,9-12,14H2,1H3,(H,33,34). The van der Waals surface area contributed by atoms with E-state index in [0.29, 0.717) is 5.52 Å². The molecule has 0 unspecified atom stereocenters. The van der Waals surface area contributed by atoms with Gasteiger partial charge in [-0.2, -0.15) is 4.39 Å². The van der Waals surface area contributed by atoms with Gasteiger partial charge in [0.25, 0.3) is 0 Å². The summed E-state index contributed by atoms with van der Waals surface area (Å²) in [6, 6.07) is 13.6. The van der Waals surface area contributed by atoms with E-state index < -0.39 is 22.9 Å². The molecule has 1 saturated heterocycles. The molecular formula is C25H24FN5O3S. The summed E-state index contributed by atoms with van der Waals surface area (Å²) in [4.78, 5) is 28.6. The van der Waals surface area contributed by atoms with Crippen molar-refractivity contribution in [1.29, 1.82) is 0 Å². The van der Waals surface area contributed by atoms with Gasteiger partial charge in [-0.1, -0.05) is 28.8 Å². The van der Waals surface area contributed by atoms with Crippen LogP contribution in [-0.4, -0.2) is 56.3 Å². The van der Waals surface area contributed by atoms with Gasteiger partial charge in [-0.3, -0.25) is 9.69 Å². The van der Waals surface area contributed by atoms with Gasteiger partial charge < -0.3 is 14.6 Å². The molecule has 1 aliphatic rings. The Labute approximate surface area is 205 Å². The monoisotopic (exact) mass is 493 g/mol. The molecule has 0 aliphatic carbocycles. The minimum Gasteiger partial charge on any atom is -0.477 e. The fourth-order valence-electron chi connectivity index (χ4n) is 4.59. The van der Waals surface area contributed by atoms with Crippen LogP contribution < -0.4 is 10.3 Å². The number of piperazine rings is 1. The Morgan fingerprint density at radius 2 is 1.86 bits per heavy atom. The van der Waals surface area contributed by atoms with Crippen LogP contribution in [0.5, 0.6) is 0 Å². The summed E-state index contributed by atoms with van der Waals surface area (Å²) in [7, 11) is 0. The molecule has 5 rings (SSSR count). The van der Waals surface area contributed by atoms with Crippen molar-refractivity contribution >= 4 is 34.1 Å². The maximum absolute atomic E-state index is 14.8. The maximum atomic E-state index is 14.8. The zero-order chi connectivity index (χ0) is 24.5. The van der Waals surface area contributed by atoms with E-state index in [1.165, 1.54) is 21.7 Å². The Morgan fingerprint density at radius 3 is 2.49 bits per heavy atom. The molecule has 2 aromatic carbocycles. The van der Waals surface area contributed by atoms with Crippen LogP contribution in [0.4, 0.5) is 10.1 Å². The Kier molecular flexibility index (Phi) is 6.31. The van der Waals surface area contributed by atoms with Crippen LogP contribution in [-0.2, 0) is 13.1 Å². The number of aromatic carboxylic acids is 1. The number of aromatic nitrogens is 3. The first kappa shape index (κ1) is 23.1. The van der Waals surface area contributed by atoms with Gasteiger partial charge in [-0.05, 0) is 42.2 Å². The number of pyridine rings is 1. The highest BCUT2D eigenvalue weighted by molar-refractivity contribution is 7.03. The van der Waals surface area contributed by atoms with E-state index in [1.807, 2.05) is 11.4 Å². The molecule has 10 heteroatoms. The summed E-state index contributed by atoms with van der Waals surface area (Å²) < 4.78 is 20.0. The smallest absolute Gasteiger partial charge is 0.344 e. The van der Waals surface area contributed by atoms with Crippen LogP contribution in [0.3, 0.4) is 0 Å². The van der Waals surface area contributed by atoms with Crippen molar-refractivity contribution in [3.05, 3.63) is 75.1 Å². The molecule has 3 heterocycles. The van der Waals surface area contributed by atoms with Crippen LogP contribution >= 0.6 is 11.5 Å². The Hall–Kier alpha value is -3.63. The molecule has 2 aromatic heterocycles. The van der Waals surface area contributed by atoms with E-state index in [2.05, 4.69) is 43.7 Å². The van der Waals surface area contributed by atoms with E-state index in [0.717, 1.165) is 49.7 Å². The van der Waals surface area contributed by atoms with Gasteiger partial charge in [0.1, 0.15) is 5.69 Å². The quantitative estimate of drug-likeness (QED) is 0.410. The van der Waals surface area contributed by atoms with Crippen molar-refractivity contribution in [3.8, 4) is 11.3 Å². The van der Waals surface area contributed by atoms with Crippen LogP contribution in [0.2, 0.25) is 0 Å². The second kappa shape index (κ2) is 9.55. The molecule has 0 saturated carbocycles. The zero-order valence-electron chi connectivity index (χ0n) is 19.1. The van der Waals surface area contributed by atoms with E-state index in [4.69, 9.17) is 0 Å². The SMILES string of the molecule is CCn1c(F)c(C(=O)O)c(=O)c2ccc(N3CCN(Cc4ccc(-c5csnn5)cc4)CC3)cc21. The Bertz CT molecular complexity index is 1430. The highest BCUT2D eigenvalue weighted by Gasteiger charge is 2.23. The molecule has 1 aliphatic heterocycles. The van der Waals surface area contributed by atoms with Crippen LogP contribution in [0, 0.1) is 5.95 Å². The molecule has 0 amide bonds. The fraction of sp³-hybridized carbons (Fsp3) is 0.280. The van der Waals surface area contributed by atoms with Crippen molar-refractivity contribution in [3.63, 3.8) is 0 Å². The van der Waals surface area contributed by atoms with Crippen molar-refractivity contribution in [2.24, 2.45) is 0 Å². The molecule has 0 spiro atoms. The number of rotatable bonds is 6. The molecule has 1 N–H and O–H groups in total. The highest BCUT2D eigenvalue weighted by Crippen LogP contribution is 2.25. The second-order valence-corrected chi connectivity index (χ2v) is 9.11. The van der Waals surface area contributed by atoms with E-state index in [9.17, 15) is 19.1 Å². The number of anilines is 1. The predicted octanol–water partition coefficient (Wildman–Crippen LogP) is 3.70. The van der Waals surface area contributed by atoms with E-state index in [-0.39, 0.29) is 11.9 Å². The molecule has 35 heavy (non-hydrogen) atoms. The van der Waals surface area contributed by atoms with Crippen LogP contribution in [0.1, 0.15) is 22.8 Å². The van der Waals surface area contributed by atoms with E-state index in [1.54, 1.807) is 19.1 Å². The number of nitrogens with zero attached hydrogens (tertiary/aromatic N) is 5. The van der Waals surface area contributed by atoms with Gasteiger partial charge in [0.05, 0.1) is 5.52 Å². The number of fused-ring (bicyclic) bond motifs is 1. The first-order valence-corrected chi connectivity index (χ1v) is 12.2. The normalized spacial score (nSPS) is 14.5. The number of carboxylic acids is 1. The lowest BCUT2D eigenvalue weighted by atomic mass is 10.1. The van der Waals surface area contributed by atoms with Crippen LogP contribution in [0.25, 0.3) is 22.2 Å². The Morgan fingerprint density at radius 1 is 1.11 bits per heavy atom. The summed E-state index contributed by atoms with van der Waals surface area (Å²) in [5, 5.41) is 15.6. The number of halogens is 1. The fourth-order valence-corrected chi connectivity index (χ4v) is 5.05. The van der Waals surface area contributed by atoms with Gasteiger partial charge in [-0.25, -0.2) is 4.79 Å². The average molecular weight is 494 g/mol. The summed E-state index contributed by atoms with van der Waals surface area (Å²) in [6.07, 6.45) is 0. The third kappa shape index (κ3) is 4.42. The topological polar surface area (TPSA) is 91.6 Å². The molecule has 180 valence electrons. The minimum absolute atomic E-state index is 0.213. The summed E-state index contributed by atoms with van der Waals surface area (Å²) in [5.41, 5.74) is 2.88. The third-order valence-electron chi connectivity index (χ3n) is 6.47. The number of hydrogen-bond donors (Lipinski definition) is 1. The number of benzene rings is 2. The predicted molar refractivity (Wildman–Crippen MR) is 134 cm³/mol. The molecular weight excluding hydrogens is 469 g/mol. The molecule has 0 bridgehead atoms. The molecule has 1 fully saturated rings. The lowest BCUT2D eigenvalue weighted by Crippen LogP contribution is -2.46. The summed E-state index contributed by atoms with van der Waals surface area (Å²) in [5.74, 6) is -2.55. The average Bonchev–Trinajstić information content (AvgIpc) is 3.40. The number of carbonyl (C=O) groups is 1. The molecule has 0 atom stereocenters. The van der Waals surface area contributed by atoms with Gasteiger partial charge >= 0.3 is 5.97 Å². The van der Waals surface area contributed by atoms with E-state index >= 15 is 0 Å². The lowest BCUT2D eigenvalue weighted by molar-refractivity contribution is 0.0688. The van der Waals surface area contributed by atoms with Crippen molar-refractivity contribution in [2.45, 2.75) is 20.0 Å². The lowest BCUT2D eigenvalue weighted by Gasteiger charge is -2.36. The van der Waals surface area contributed by atoms with Crippen molar-refractivity contribution in [1.82, 2.24) is 19.1 Å². The van der Waals surface area contributed by atoms with Gasteiger partial charge in [0.15, 0.2) is 5.56 Å². The van der Waals surface area contributed by atoms with Gasteiger partial charge in [-0.15, -0.1) is 5.10 Å². The van der Waals surface area contributed by atoms with Crippen LogP contribution in [0.15, 0.2) is 52.6 Å². The largest absolute Gasteiger partial charge is 0.477 e. The first-order valence-electron chi connectivity index (χ1n) is 11.4. The number of hydrogen-bond acceptors (Lipinski definition) is 7. The Balaban J connectivity index is 1.30. The second-order valence-electron chi connectivity index (χ2n) is 8.50. The minimum atomic E-state index is -1.55. The number of carboxylic acid groups (broad SMARTS) is 1. The van der Waals surface area contributed by atoms with Crippen molar-refractivity contribution < 1.29 is 14.3 Å². The maximum Gasteiger partial charge on any atom is 0.344 e. The van der Waals surface area contributed by atoms with Crippen molar-refractivity contribution in [2.75, 3.05) is 31.1 Å². The molecule has 0 radical (unpaired) electrons. The molecule has 4 aromatic rings. The third-order valence-corrected chi connectivity index (χ3v) is 6.98. The van der Waals surface area contributed by atoms with Gasteiger partial charge in [0, 0.05) is 61.3 Å². The first-order chi connectivity index (χ1) is 17.0. The number of aryl methyl sites for hydroxylation is 1. The van der Waals surface area contributed by atoms with Gasteiger partial charge in [0.2, 0.25) is 11.4 Å². The highest BCUT2D eigenvalue weighted by atomic mass is 32.1. The zero-order valence-corrected chi connectivity index (χ0v) is 20.0.